The monoisotopic (exact) mass is 527 g/mol. The molecule has 0 bridgehead atoms. The second-order valence-corrected chi connectivity index (χ2v) is 9.34. The van der Waals surface area contributed by atoms with Gasteiger partial charge in [-0.3, -0.25) is 14.3 Å². The van der Waals surface area contributed by atoms with Crippen molar-refractivity contribution in [2.75, 3.05) is 20.8 Å². The predicted octanol–water partition coefficient (Wildman–Crippen LogP) is 3.35. The number of carbonyl (C=O) groups excluding carboxylic acids is 1. The van der Waals surface area contributed by atoms with Gasteiger partial charge in [-0.1, -0.05) is 47.7 Å². The highest BCUT2D eigenvalue weighted by molar-refractivity contribution is 7.07. The Hall–Kier alpha value is -4.50. The predicted molar refractivity (Wildman–Crippen MR) is 145 cm³/mol. The van der Waals surface area contributed by atoms with Gasteiger partial charge in [0.15, 0.2) is 16.3 Å². The summed E-state index contributed by atoms with van der Waals surface area (Å²) < 4.78 is 18.5. The average Bonchev–Trinajstić information content (AvgIpc) is 3.27. The van der Waals surface area contributed by atoms with Crippen LogP contribution in [0.5, 0.6) is 11.5 Å². The molecule has 38 heavy (non-hydrogen) atoms. The second kappa shape index (κ2) is 10.9. The SMILES string of the molecule is CCOC(=O)C1=C(c2ccccc2)N=c2s/c(=C\c3ccncc3)c(=O)n2[C@@H]1c1ccc(OC)c(OC)c1. The van der Waals surface area contributed by atoms with E-state index in [1.165, 1.54) is 11.3 Å². The zero-order valence-corrected chi connectivity index (χ0v) is 21.9. The standard InChI is InChI=1S/C29H25N3O5S/c1-4-37-28(34)24-25(19-8-6-5-7-9-19)31-29-32(26(24)20-10-11-21(35-2)22(17-20)36-3)27(33)23(38-29)16-18-12-14-30-15-13-18/h5-17,26H,4H2,1-3H3/b23-16-/t26-/m1/s1. The lowest BCUT2D eigenvalue weighted by molar-refractivity contribution is -0.138. The maximum atomic E-state index is 13.9. The van der Waals surface area contributed by atoms with Crippen molar-refractivity contribution in [2.45, 2.75) is 13.0 Å². The molecule has 1 aliphatic heterocycles. The molecule has 1 atom stereocenters. The van der Waals surface area contributed by atoms with E-state index in [2.05, 4.69) is 4.98 Å². The number of esters is 1. The van der Waals surface area contributed by atoms with E-state index in [-0.39, 0.29) is 17.7 Å². The van der Waals surface area contributed by atoms with Gasteiger partial charge in [-0.25, -0.2) is 9.79 Å². The summed E-state index contributed by atoms with van der Waals surface area (Å²) in [5.41, 5.74) is 2.70. The molecule has 0 amide bonds. The molecule has 0 spiro atoms. The van der Waals surface area contributed by atoms with E-state index in [9.17, 15) is 9.59 Å². The zero-order chi connectivity index (χ0) is 26.6. The smallest absolute Gasteiger partial charge is 0.338 e. The van der Waals surface area contributed by atoms with Crippen LogP contribution in [-0.2, 0) is 9.53 Å². The molecule has 5 rings (SSSR count). The lowest BCUT2D eigenvalue weighted by Gasteiger charge is -2.26. The van der Waals surface area contributed by atoms with Crippen molar-refractivity contribution in [1.29, 1.82) is 0 Å². The Morgan fingerprint density at radius 1 is 1.03 bits per heavy atom. The summed E-state index contributed by atoms with van der Waals surface area (Å²) in [6.45, 7) is 1.92. The minimum Gasteiger partial charge on any atom is -0.493 e. The van der Waals surface area contributed by atoms with Gasteiger partial charge in [0.1, 0.15) is 0 Å². The molecule has 0 unspecified atom stereocenters. The summed E-state index contributed by atoms with van der Waals surface area (Å²) in [7, 11) is 3.09. The quantitative estimate of drug-likeness (QED) is 0.343. The Balaban J connectivity index is 1.85. The number of carbonyl (C=O) groups is 1. The fraction of sp³-hybridized carbons (Fsp3) is 0.172. The number of pyridine rings is 1. The van der Waals surface area contributed by atoms with Crippen molar-refractivity contribution in [3.05, 3.63) is 115 Å². The van der Waals surface area contributed by atoms with Crippen molar-refractivity contribution in [2.24, 2.45) is 4.99 Å². The fourth-order valence-electron chi connectivity index (χ4n) is 4.39. The van der Waals surface area contributed by atoms with Crippen LogP contribution in [0.15, 0.2) is 88.4 Å². The van der Waals surface area contributed by atoms with Crippen LogP contribution in [0.25, 0.3) is 11.8 Å². The number of fused-ring (bicyclic) bond motifs is 1. The average molecular weight is 528 g/mol. The highest BCUT2D eigenvalue weighted by atomic mass is 32.1. The van der Waals surface area contributed by atoms with Gasteiger partial charge in [0.05, 0.1) is 42.7 Å². The first-order chi connectivity index (χ1) is 18.5. The molecule has 8 nitrogen and oxygen atoms in total. The molecule has 0 aliphatic carbocycles. The van der Waals surface area contributed by atoms with Crippen LogP contribution < -0.4 is 24.4 Å². The molecule has 2 aromatic carbocycles. The van der Waals surface area contributed by atoms with Crippen LogP contribution in [0, 0.1) is 0 Å². The number of rotatable bonds is 7. The van der Waals surface area contributed by atoms with Gasteiger partial charge in [-0.05, 0) is 48.4 Å². The first kappa shape index (κ1) is 25.2. The summed E-state index contributed by atoms with van der Waals surface area (Å²) in [6, 6.07) is 17.6. The molecule has 0 saturated heterocycles. The van der Waals surface area contributed by atoms with Gasteiger partial charge < -0.3 is 14.2 Å². The lowest BCUT2D eigenvalue weighted by Crippen LogP contribution is -2.40. The maximum absolute atomic E-state index is 13.9. The highest BCUT2D eigenvalue weighted by Crippen LogP contribution is 2.38. The third kappa shape index (κ3) is 4.64. The molecule has 3 heterocycles. The first-order valence-electron chi connectivity index (χ1n) is 12.0. The van der Waals surface area contributed by atoms with E-state index in [1.54, 1.807) is 56.3 Å². The topological polar surface area (TPSA) is 92.0 Å². The second-order valence-electron chi connectivity index (χ2n) is 8.33. The van der Waals surface area contributed by atoms with Gasteiger partial charge in [0, 0.05) is 18.0 Å². The Morgan fingerprint density at radius 3 is 2.45 bits per heavy atom. The number of hydrogen-bond acceptors (Lipinski definition) is 8. The Kier molecular flexibility index (Phi) is 7.19. The molecule has 1 aliphatic rings. The van der Waals surface area contributed by atoms with E-state index in [4.69, 9.17) is 19.2 Å². The summed E-state index contributed by atoms with van der Waals surface area (Å²) in [4.78, 5) is 36.8. The third-order valence-electron chi connectivity index (χ3n) is 6.10. The lowest BCUT2D eigenvalue weighted by atomic mass is 9.93. The van der Waals surface area contributed by atoms with E-state index < -0.39 is 12.0 Å². The maximum Gasteiger partial charge on any atom is 0.338 e. The third-order valence-corrected chi connectivity index (χ3v) is 7.08. The number of methoxy groups -OCH3 is 2. The van der Waals surface area contributed by atoms with Crippen molar-refractivity contribution in [3.63, 3.8) is 0 Å². The summed E-state index contributed by atoms with van der Waals surface area (Å²) in [5, 5.41) is 0. The Labute approximate surface area is 222 Å². The van der Waals surface area contributed by atoms with Crippen LogP contribution in [0.4, 0.5) is 0 Å². The zero-order valence-electron chi connectivity index (χ0n) is 21.1. The van der Waals surface area contributed by atoms with Crippen molar-refractivity contribution < 1.29 is 19.0 Å². The largest absolute Gasteiger partial charge is 0.493 e. The number of nitrogens with zero attached hydrogens (tertiary/aromatic N) is 3. The molecule has 192 valence electrons. The van der Waals surface area contributed by atoms with E-state index >= 15 is 0 Å². The van der Waals surface area contributed by atoms with E-state index in [0.717, 1.165) is 11.1 Å². The highest BCUT2D eigenvalue weighted by Gasteiger charge is 2.35. The van der Waals surface area contributed by atoms with Crippen LogP contribution in [-0.4, -0.2) is 36.3 Å². The van der Waals surface area contributed by atoms with Gasteiger partial charge in [-0.2, -0.15) is 0 Å². The molecule has 0 saturated carbocycles. The number of benzene rings is 2. The summed E-state index contributed by atoms with van der Waals surface area (Å²) in [5.74, 6) is 0.468. The number of aromatic nitrogens is 2. The molecule has 0 fully saturated rings. The van der Waals surface area contributed by atoms with Crippen LogP contribution in [0.2, 0.25) is 0 Å². The van der Waals surface area contributed by atoms with Crippen molar-refractivity contribution in [1.82, 2.24) is 9.55 Å². The van der Waals surface area contributed by atoms with Gasteiger partial charge in [0.25, 0.3) is 5.56 Å². The first-order valence-corrected chi connectivity index (χ1v) is 12.8. The normalized spacial score (nSPS) is 15.0. The van der Waals surface area contributed by atoms with E-state index in [1.807, 2.05) is 48.5 Å². The van der Waals surface area contributed by atoms with Crippen LogP contribution in [0.1, 0.15) is 29.7 Å². The minimum atomic E-state index is -0.806. The van der Waals surface area contributed by atoms with Crippen molar-refractivity contribution in [3.8, 4) is 11.5 Å². The molecular weight excluding hydrogens is 502 g/mol. The van der Waals surface area contributed by atoms with Gasteiger partial charge in [0.2, 0.25) is 0 Å². The Morgan fingerprint density at radius 2 is 1.76 bits per heavy atom. The number of thiazole rings is 1. The molecule has 2 aromatic heterocycles. The molecule has 0 N–H and O–H groups in total. The summed E-state index contributed by atoms with van der Waals surface area (Å²) >= 11 is 1.26. The van der Waals surface area contributed by atoms with Crippen molar-refractivity contribution >= 4 is 29.1 Å². The van der Waals surface area contributed by atoms with Crippen LogP contribution >= 0.6 is 11.3 Å². The number of hydrogen-bond donors (Lipinski definition) is 0. The fourth-order valence-corrected chi connectivity index (χ4v) is 5.39. The van der Waals surface area contributed by atoms with Gasteiger partial charge >= 0.3 is 5.97 Å². The minimum absolute atomic E-state index is 0.176. The van der Waals surface area contributed by atoms with Crippen LogP contribution in [0.3, 0.4) is 0 Å². The summed E-state index contributed by atoms with van der Waals surface area (Å²) in [6.07, 6.45) is 5.14. The molecule has 4 aromatic rings. The molecular formula is C29H25N3O5S. The number of ether oxygens (including phenoxy) is 3. The van der Waals surface area contributed by atoms with Gasteiger partial charge in [-0.15, -0.1) is 0 Å². The molecule has 0 radical (unpaired) electrons. The van der Waals surface area contributed by atoms with E-state index in [0.29, 0.717) is 32.1 Å². The molecule has 9 heteroatoms. The Bertz CT molecular complexity index is 1690.